The summed E-state index contributed by atoms with van der Waals surface area (Å²) in [6.45, 7) is 21.9. The molecule has 2 nitrogen and oxygen atoms in total. The average molecular weight is 486 g/mol. The van der Waals surface area contributed by atoms with Gasteiger partial charge in [0.2, 0.25) is 6.34 Å². The molecule has 0 bridgehead atoms. The molecule has 0 spiro atoms. The Kier molecular flexibility index (Phi) is 8.55. The van der Waals surface area contributed by atoms with E-state index in [-0.39, 0.29) is 17.0 Å². The minimum absolute atomic E-state index is 0. The lowest BCUT2D eigenvalue weighted by molar-refractivity contribution is -0.429. The first-order chi connectivity index (χ1) is 14.1. The van der Waals surface area contributed by atoms with Crippen molar-refractivity contribution in [2.24, 2.45) is 0 Å². The Labute approximate surface area is 201 Å². The Morgan fingerprint density at radius 1 is 0.710 bits per heavy atom. The van der Waals surface area contributed by atoms with Gasteiger partial charge in [-0.3, -0.25) is 0 Å². The fourth-order valence-electron chi connectivity index (χ4n) is 4.76. The summed E-state index contributed by atoms with van der Waals surface area (Å²) in [6.07, 6.45) is 2.39. The summed E-state index contributed by atoms with van der Waals surface area (Å²) in [4.78, 5) is 2.55. The molecule has 1 aliphatic rings. The Bertz CT molecular complexity index is 872. The van der Waals surface area contributed by atoms with Crippen molar-refractivity contribution in [2.45, 2.75) is 92.0 Å². The summed E-state index contributed by atoms with van der Waals surface area (Å²) < 4.78 is 2.52. The van der Waals surface area contributed by atoms with E-state index < -0.39 is 0 Å². The minimum atomic E-state index is 0. The van der Waals surface area contributed by atoms with Crippen LogP contribution in [0.3, 0.4) is 0 Å². The number of benzene rings is 2. The van der Waals surface area contributed by atoms with Gasteiger partial charge in [0.25, 0.3) is 0 Å². The predicted molar refractivity (Wildman–Crippen MR) is 132 cm³/mol. The lowest BCUT2D eigenvalue weighted by Crippen LogP contribution is -3.00. The molecule has 3 rings (SSSR count). The number of hydrogen-bond donors (Lipinski definition) is 0. The first kappa shape index (κ1) is 25.6. The number of halogens is 1. The molecule has 0 radical (unpaired) electrons. The maximum absolute atomic E-state index is 2.55. The van der Waals surface area contributed by atoms with Crippen molar-refractivity contribution in [3.8, 4) is 0 Å². The quantitative estimate of drug-likeness (QED) is 0.535. The zero-order valence-corrected chi connectivity index (χ0v) is 22.5. The van der Waals surface area contributed by atoms with Crippen LogP contribution < -0.4 is 21.9 Å². The van der Waals surface area contributed by atoms with E-state index in [1.807, 2.05) is 0 Å². The van der Waals surface area contributed by atoms with E-state index >= 15 is 0 Å². The maximum atomic E-state index is 2.55. The van der Waals surface area contributed by atoms with Crippen molar-refractivity contribution in [3.05, 3.63) is 58.7 Å². The van der Waals surface area contributed by atoms with Gasteiger partial charge in [0, 0.05) is 22.3 Å². The fourth-order valence-corrected chi connectivity index (χ4v) is 4.76. The number of hydrogen-bond acceptors (Lipinski definition) is 1. The lowest BCUT2D eigenvalue weighted by atomic mass is 9.91. The van der Waals surface area contributed by atoms with Crippen molar-refractivity contribution < 1.29 is 21.6 Å². The minimum Gasteiger partial charge on any atom is -1.00 e. The molecule has 2 aromatic carbocycles. The molecule has 1 aliphatic heterocycles. The molecule has 1 atom stereocenters. The summed E-state index contributed by atoms with van der Waals surface area (Å²) >= 11 is 0. The molecule has 1 heterocycles. The first-order valence-corrected chi connectivity index (χ1v) is 11.8. The van der Waals surface area contributed by atoms with Gasteiger partial charge < -0.3 is 17.0 Å². The summed E-state index contributed by atoms with van der Waals surface area (Å²) in [6, 6.07) is 14.2. The molecule has 0 fully saturated rings. The van der Waals surface area contributed by atoms with Crippen molar-refractivity contribution >= 4 is 17.7 Å². The number of para-hydroxylation sites is 2. The molecular weight excluding hydrogens is 444 g/mol. The summed E-state index contributed by atoms with van der Waals surface area (Å²) in [5.41, 5.74) is 8.65. The molecular formula is C28H41BrN2. The van der Waals surface area contributed by atoms with Gasteiger partial charge in [-0.05, 0) is 30.6 Å². The summed E-state index contributed by atoms with van der Waals surface area (Å²) in [7, 11) is 0. The van der Waals surface area contributed by atoms with Gasteiger partial charge in [-0.25, -0.2) is 9.48 Å². The first-order valence-electron chi connectivity index (χ1n) is 11.8. The summed E-state index contributed by atoms with van der Waals surface area (Å²) in [5, 5.41) is 0. The van der Waals surface area contributed by atoms with E-state index in [2.05, 4.69) is 115 Å². The normalized spacial score (nSPS) is 16.5. The molecule has 1 unspecified atom stereocenters. The Balaban J connectivity index is 0.00000341. The Morgan fingerprint density at radius 2 is 1.10 bits per heavy atom. The van der Waals surface area contributed by atoms with Gasteiger partial charge in [-0.1, -0.05) is 91.8 Å². The monoisotopic (exact) mass is 484 g/mol. The standard InChI is InChI=1S/C28H41N2.BrH/c1-18(2)23-12-10-13-24(19(3)4)27(23)29-16-22(9)30(17-29)28-25(20(5)6)14-11-15-26(28)21(7)8;/h10-15,17-22H,16H2,1-9H3;1H/q+1;/p-1. The smallest absolute Gasteiger partial charge is 0.245 e. The van der Waals surface area contributed by atoms with Crippen LogP contribution >= 0.6 is 0 Å². The third-order valence-electron chi connectivity index (χ3n) is 6.43. The highest BCUT2D eigenvalue weighted by molar-refractivity contribution is 5.83. The summed E-state index contributed by atoms with van der Waals surface area (Å²) in [5.74, 6) is 2.02. The topological polar surface area (TPSA) is 6.25 Å². The van der Waals surface area contributed by atoms with E-state index in [0.29, 0.717) is 29.7 Å². The van der Waals surface area contributed by atoms with Gasteiger partial charge in [0.05, 0.1) is 0 Å². The molecule has 0 amide bonds. The van der Waals surface area contributed by atoms with Crippen LogP contribution in [0.25, 0.3) is 0 Å². The van der Waals surface area contributed by atoms with Crippen LogP contribution in [0.4, 0.5) is 11.4 Å². The number of anilines is 1. The zero-order valence-electron chi connectivity index (χ0n) is 20.9. The third kappa shape index (κ3) is 5.08. The molecule has 0 saturated heterocycles. The largest absolute Gasteiger partial charge is 1.00 e. The second kappa shape index (κ2) is 10.3. The molecule has 0 aromatic heterocycles. The van der Waals surface area contributed by atoms with E-state index in [0.717, 1.165) is 6.54 Å². The van der Waals surface area contributed by atoms with Crippen LogP contribution in [0.5, 0.6) is 0 Å². The van der Waals surface area contributed by atoms with Gasteiger partial charge in [0.1, 0.15) is 24.0 Å². The van der Waals surface area contributed by atoms with Crippen LogP contribution in [0.15, 0.2) is 36.4 Å². The van der Waals surface area contributed by atoms with E-state index in [4.69, 9.17) is 0 Å². The highest BCUT2D eigenvalue weighted by Crippen LogP contribution is 2.39. The van der Waals surface area contributed by atoms with Crippen LogP contribution in [-0.2, 0) is 0 Å². The average Bonchev–Trinajstić information content (AvgIpc) is 3.07. The maximum Gasteiger partial charge on any atom is 0.245 e. The van der Waals surface area contributed by atoms with E-state index in [9.17, 15) is 0 Å². The molecule has 0 aliphatic carbocycles. The molecule has 2 aromatic rings. The van der Waals surface area contributed by atoms with E-state index in [1.54, 1.807) is 0 Å². The molecule has 0 N–H and O–H groups in total. The SMILES string of the molecule is CC(C)c1cccc(C(C)C)c1N1C=[N+](c2c(C(C)C)cccc2C(C)C)CC1C.[Br-]. The Morgan fingerprint density at radius 3 is 1.48 bits per heavy atom. The second-order valence-electron chi connectivity index (χ2n) is 10.2. The molecule has 170 valence electrons. The van der Waals surface area contributed by atoms with Gasteiger partial charge in [-0.2, -0.15) is 0 Å². The number of rotatable bonds is 6. The van der Waals surface area contributed by atoms with Gasteiger partial charge >= 0.3 is 0 Å². The fraction of sp³-hybridized carbons (Fsp3) is 0.536. The van der Waals surface area contributed by atoms with Crippen molar-refractivity contribution in [1.82, 2.24) is 0 Å². The number of nitrogens with zero attached hydrogens (tertiary/aromatic N) is 2. The third-order valence-corrected chi connectivity index (χ3v) is 6.43. The van der Waals surface area contributed by atoms with Crippen molar-refractivity contribution in [2.75, 3.05) is 11.4 Å². The van der Waals surface area contributed by atoms with Crippen molar-refractivity contribution in [1.29, 1.82) is 0 Å². The molecule has 31 heavy (non-hydrogen) atoms. The van der Waals surface area contributed by atoms with Crippen LogP contribution in [0.2, 0.25) is 0 Å². The second-order valence-corrected chi connectivity index (χ2v) is 10.2. The van der Waals surface area contributed by atoms with E-state index in [1.165, 1.54) is 33.6 Å². The lowest BCUT2D eigenvalue weighted by Gasteiger charge is -2.23. The molecule has 0 saturated carbocycles. The van der Waals surface area contributed by atoms with Crippen LogP contribution in [0, 0.1) is 0 Å². The zero-order chi connectivity index (χ0) is 22.2. The Hall–Kier alpha value is -1.61. The highest BCUT2D eigenvalue weighted by Gasteiger charge is 2.36. The van der Waals surface area contributed by atoms with Gasteiger partial charge in [0.15, 0.2) is 0 Å². The highest BCUT2D eigenvalue weighted by atomic mass is 79.9. The van der Waals surface area contributed by atoms with Crippen molar-refractivity contribution in [3.63, 3.8) is 0 Å². The van der Waals surface area contributed by atoms with Gasteiger partial charge in [-0.15, -0.1) is 0 Å². The predicted octanol–water partition coefficient (Wildman–Crippen LogP) is 4.77. The van der Waals surface area contributed by atoms with Crippen LogP contribution in [-0.4, -0.2) is 23.5 Å². The van der Waals surface area contributed by atoms with Crippen LogP contribution in [0.1, 0.15) is 108 Å². The molecule has 3 heteroatoms.